The minimum Gasteiger partial charge on any atom is -0.497 e. The Bertz CT molecular complexity index is 836. The molecule has 1 aromatic heterocycles. The van der Waals surface area contributed by atoms with E-state index in [1.165, 1.54) is 27.7 Å². The zero-order valence-electron chi connectivity index (χ0n) is 13.5. The van der Waals surface area contributed by atoms with Gasteiger partial charge in [-0.1, -0.05) is 30.3 Å². The van der Waals surface area contributed by atoms with Gasteiger partial charge in [0.15, 0.2) is 0 Å². The number of aryl methyl sites for hydroxylation is 1. The van der Waals surface area contributed by atoms with Gasteiger partial charge in [0.1, 0.15) is 5.75 Å². The summed E-state index contributed by atoms with van der Waals surface area (Å²) in [5, 5.41) is 1.30. The minimum atomic E-state index is 0.126. The summed E-state index contributed by atoms with van der Waals surface area (Å²) < 4.78 is 7.83. The highest BCUT2D eigenvalue weighted by Gasteiger charge is 2.25. The molecule has 0 bridgehead atoms. The highest BCUT2D eigenvalue weighted by atomic mass is 16.5. The van der Waals surface area contributed by atoms with Crippen LogP contribution in [0.25, 0.3) is 10.9 Å². The van der Waals surface area contributed by atoms with Gasteiger partial charge in [0.2, 0.25) is 0 Å². The Morgan fingerprint density at radius 1 is 1.17 bits per heavy atom. The summed E-state index contributed by atoms with van der Waals surface area (Å²) in [4.78, 5) is 0. The van der Waals surface area contributed by atoms with Crippen molar-refractivity contribution in [3.05, 3.63) is 65.4 Å². The third-order valence-electron chi connectivity index (χ3n) is 4.90. The number of hydrogen-bond donors (Lipinski definition) is 1. The molecule has 4 rings (SSSR count). The molecule has 1 aliphatic carbocycles. The van der Waals surface area contributed by atoms with Gasteiger partial charge in [-0.2, -0.15) is 0 Å². The molecule has 0 saturated carbocycles. The second kappa shape index (κ2) is 5.74. The van der Waals surface area contributed by atoms with E-state index >= 15 is 0 Å². The summed E-state index contributed by atoms with van der Waals surface area (Å²) >= 11 is 0. The fourth-order valence-electron chi connectivity index (χ4n) is 3.81. The van der Waals surface area contributed by atoms with Crippen LogP contribution in [0.5, 0.6) is 5.75 Å². The molecule has 0 spiro atoms. The molecule has 0 fully saturated rings. The molecule has 0 saturated heterocycles. The fraction of sp³-hybridized carbons (Fsp3) is 0.300. The van der Waals surface area contributed by atoms with Crippen molar-refractivity contribution >= 4 is 10.9 Å². The van der Waals surface area contributed by atoms with Crippen LogP contribution in [0.4, 0.5) is 0 Å². The number of rotatable bonds is 3. The molecule has 1 atom stereocenters. The smallest absolute Gasteiger partial charge is 0.119 e. The second-order valence-electron chi connectivity index (χ2n) is 6.32. The van der Waals surface area contributed by atoms with E-state index in [1.54, 1.807) is 7.11 Å². The molecule has 2 N–H and O–H groups in total. The summed E-state index contributed by atoms with van der Waals surface area (Å²) in [5.41, 5.74) is 11.8. The SMILES string of the molecule is COc1ccc2c(c1)c1c(n2Cc2ccccc2)C(N)CCC1. The van der Waals surface area contributed by atoms with E-state index in [2.05, 4.69) is 47.0 Å². The molecule has 23 heavy (non-hydrogen) atoms. The molecule has 1 unspecified atom stereocenters. The number of aromatic nitrogens is 1. The lowest BCUT2D eigenvalue weighted by Gasteiger charge is -2.22. The number of nitrogens with zero attached hydrogens (tertiary/aromatic N) is 1. The normalized spacial score (nSPS) is 17.2. The average Bonchev–Trinajstić information content (AvgIpc) is 2.90. The first-order valence-corrected chi connectivity index (χ1v) is 8.26. The van der Waals surface area contributed by atoms with Gasteiger partial charge >= 0.3 is 0 Å². The topological polar surface area (TPSA) is 40.2 Å². The van der Waals surface area contributed by atoms with Crippen molar-refractivity contribution in [3.63, 3.8) is 0 Å². The molecule has 1 aliphatic rings. The maximum Gasteiger partial charge on any atom is 0.119 e. The molecule has 3 aromatic rings. The maximum atomic E-state index is 6.48. The number of methoxy groups -OCH3 is 1. The van der Waals surface area contributed by atoms with Crippen LogP contribution in [0.15, 0.2) is 48.5 Å². The third kappa shape index (κ3) is 2.41. The maximum absolute atomic E-state index is 6.48. The summed E-state index contributed by atoms with van der Waals surface area (Å²) in [6, 6.07) is 17.1. The number of hydrogen-bond acceptors (Lipinski definition) is 2. The lowest BCUT2D eigenvalue weighted by atomic mass is 9.92. The predicted octanol–water partition coefficient (Wildman–Crippen LogP) is 4.03. The van der Waals surface area contributed by atoms with E-state index in [4.69, 9.17) is 10.5 Å². The van der Waals surface area contributed by atoms with E-state index in [1.807, 2.05) is 6.07 Å². The number of ether oxygens (including phenoxy) is 1. The first-order valence-electron chi connectivity index (χ1n) is 8.26. The van der Waals surface area contributed by atoms with Gasteiger partial charge in [0, 0.05) is 29.2 Å². The molecule has 3 heteroatoms. The van der Waals surface area contributed by atoms with Crippen molar-refractivity contribution in [2.75, 3.05) is 7.11 Å². The Morgan fingerprint density at radius 2 is 2.00 bits per heavy atom. The van der Waals surface area contributed by atoms with Gasteiger partial charge in [-0.25, -0.2) is 0 Å². The van der Waals surface area contributed by atoms with E-state index in [-0.39, 0.29) is 6.04 Å². The van der Waals surface area contributed by atoms with Crippen molar-refractivity contribution in [2.45, 2.75) is 31.8 Å². The van der Waals surface area contributed by atoms with Gasteiger partial charge in [0.25, 0.3) is 0 Å². The molecule has 3 nitrogen and oxygen atoms in total. The van der Waals surface area contributed by atoms with Crippen LogP contribution < -0.4 is 10.5 Å². The fourth-order valence-corrected chi connectivity index (χ4v) is 3.81. The molecular weight excluding hydrogens is 284 g/mol. The standard InChI is InChI=1S/C20H22N2O/c1-23-15-10-11-19-17(12-15)16-8-5-9-18(21)20(16)22(19)13-14-6-3-2-4-7-14/h2-4,6-7,10-12,18H,5,8-9,13,21H2,1H3. The van der Waals surface area contributed by atoms with Crippen LogP contribution in [0, 0.1) is 0 Å². The van der Waals surface area contributed by atoms with Crippen LogP contribution in [0.1, 0.15) is 35.7 Å². The Balaban J connectivity index is 1.93. The van der Waals surface area contributed by atoms with Gasteiger partial charge in [-0.3, -0.25) is 0 Å². The van der Waals surface area contributed by atoms with Crippen molar-refractivity contribution in [1.82, 2.24) is 4.57 Å². The molecular formula is C20H22N2O. The zero-order valence-corrected chi connectivity index (χ0v) is 13.5. The zero-order chi connectivity index (χ0) is 15.8. The second-order valence-corrected chi connectivity index (χ2v) is 6.32. The molecule has 0 aliphatic heterocycles. The van der Waals surface area contributed by atoms with E-state index in [9.17, 15) is 0 Å². The summed E-state index contributed by atoms with van der Waals surface area (Å²) in [6.07, 6.45) is 3.33. The van der Waals surface area contributed by atoms with Crippen LogP contribution in [0.3, 0.4) is 0 Å². The molecule has 0 radical (unpaired) electrons. The van der Waals surface area contributed by atoms with Crippen molar-refractivity contribution in [3.8, 4) is 5.75 Å². The average molecular weight is 306 g/mol. The van der Waals surface area contributed by atoms with E-state index in [0.717, 1.165) is 31.6 Å². The lowest BCUT2D eigenvalue weighted by Crippen LogP contribution is -2.21. The van der Waals surface area contributed by atoms with Gasteiger partial charge < -0.3 is 15.0 Å². The highest BCUT2D eigenvalue weighted by molar-refractivity contribution is 5.87. The minimum absolute atomic E-state index is 0.126. The largest absolute Gasteiger partial charge is 0.497 e. The summed E-state index contributed by atoms with van der Waals surface area (Å²) in [6.45, 7) is 0.868. The van der Waals surface area contributed by atoms with Crippen LogP contribution in [-0.2, 0) is 13.0 Å². The van der Waals surface area contributed by atoms with Gasteiger partial charge in [0.05, 0.1) is 7.11 Å². The quantitative estimate of drug-likeness (QED) is 0.793. The molecule has 2 aromatic carbocycles. The predicted molar refractivity (Wildman–Crippen MR) is 93.9 cm³/mol. The summed E-state index contributed by atoms with van der Waals surface area (Å²) in [5.74, 6) is 0.913. The Morgan fingerprint density at radius 3 is 2.78 bits per heavy atom. The highest BCUT2D eigenvalue weighted by Crippen LogP contribution is 2.38. The first-order chi connectivity index (χ1) is 11.3. The molecule has 1 heterocycles. The van der Waals surface area contributed by atoms with Crippen molar-refractivity contribution in [2.24, 2.45) is 5.73 Å². The summed E-state index contributed by atoms with van der Waals surface area (Å²) in [7, 11) is 1.72. The molecule has 118 valence electrons. The first kappa shape index (κ1) is 14.3. The monoisotopic (exact) mass is 306 g/mol. The van der Waals surface area contributed by atoms with Crippen LogP contribution >= 0.6 is 0 Å². The van der Waals surface area contributed by atoms with Crippen LogP contribution in [-0.4, -0.2) is 11.7 Å². The van der Waals surface area contributed by atoms with Crippen molar-refractivity contribution < 1.29 is 4.74 Å². The Kier molecular flexibility index (Phi) is 3.58. The van der Waals surface area contributed by atoms with Gasteiger partial charge in [-0.15, -0.1) is 0 Å². The Hall–Kier alpha value is -2.26. The number of benzene rings is 2. The van der Waals surface area contributed by atoms with Crippen molar-refractivity contribution in [1.29, 1.82) is 0 Å². The van der Waals surface area contributed by atoms with Crippen LogP contribution in [0.2, 0.25) is 0 Å². The van der Waals surface area contributed by atoms with Gasteiger partial charge in [-0.05, 0) is 48.6 Å². The van der Waals surface area contributed by atoms with E-state index in [0.29, 0.717) is 0 Å². The third-order valence-corrected chi connectivity index (χ3v) is 4.90. The Labute approximate surface area is 136 Å². The molecule has 0 amide bonds. The van der Waals surface area contributed by atoms with E-state index < -0.39 is 0 Å². The number of nitrogens with two attached hydrogens (primary N) is 1. The lowest BCUT2D eigenvalue weighted by molar-refractivity contribution is 0.415. The number of fused-ring (bicyclic) bond motifs is 3.